The van der Waals surface area contributed by atoms with E-state index < -0.39 is 18.0 Å². The van der Waals surface area contributed by atoms with Gasteiger partial charge >= 0.3 is 12.1 Å². The van der Waals surface area contributed by atoms with Crippen LogP contribution in [0, 0.1) is 11.8 Å². The number of pyridine rings is 1. The Morgan fingerprint density at radius 1 is 0.971 bits per heavy atom. The number of benzene rings is 2. The first kappa shape index (κ1) is 21.3. The molecule has 2 saturated heterocycles. The summed E-state index contributed by atoms with van der Waals surface area (Å²) >= 11 is 0. The molecule has 3 atom stereocenters. The molecular weight excluding hydrogens is 446 g/mol. The second kappa shape index (κ2) is 8.23. The van der Waals surface area contributed by atoms with Crippen LogP contribution in [0.4, 0.5) is 10.6 Å². The predicted molar refractivity (Wildman–Crippen MR) is 127 cm³/mol. The molecule has 8 heteroatoms. The highest BCUT2D eigenvalue weighted by molar-refractivity contribution is 5.95. The zero-order chi connectivity index (χ0) is 24.1. The fraction of sp³-hybridized carbons (Fsp3) is 0.259. The number of anilines is 1. The largest absolute Gasteiger partial charge is 0.481 e. The molecule has 2 aliphatic carbocycles. The summed E-state index contributed by atoms with van der Waals surface area (Å²) in [7, 11) is 0. The standard InChI is InChI=1S/C27H23N3O5/c31-25(30-13-15-12-22(30)24(15)26(32)33)21-10-5-11-23(28-21)29-27(34)35-14-20-18-8-3-1-6-16(18)17-7-2-4-9-19(17)20/h1-11,15,20,22,24H,12-14H2,(H,32,33)(H,28,29,34). The number of aromatic nitrogens is 1. The summed E-state index contributed by atoms with van der Waals surface area (Å²) in [5.41, 5.74) is 4.70. The van der Waals surface area contributed by atoms with Crippen LogP contribution < -0.4 is 5.32 Å². The average Bonchev–Trinajstić information content (AvgIpc) is 3.53. The molecule has 4 aliphatic rings. The van der Waals surface area contributed by atoms with Crippen molar-refractivity contribution in [1.29, 1.82) is 0 Å². The Kier molecular flexibility index (Phi) is 5.02. The van der Waals surface area contributed by atoms with E-state index >= 15 is 0 Å². The molecule has 2 aliphatic heterocycles. The van der Waals surface area contributed by atoms with Gasteiger partial charge in [0.15, 0.2) is 0 Å². The van der Waals surface area contributed by atoms with Crippen molar-refractivity contribution in [3.63, 3.8) is 0 Å². The van der Waals surface area contributed by atoms with Crippen molar-refractivity contribution in [2.45, 2.75) is 18.4 Å². The number of rotatable bonds is 5. The van der Waals surface area contributed by atoms with Gasteiger partial charge in [-0.05, 0) is 46.7 Å². The average molecular weight is 469 g/mol. The summed E-state index contributed by atoms with van der Waals surface area (Å²) in [5.74, 6) is -1.53. The first-order valence-corrected chi connectivity index (χ1v) is 11.6. The predicted octanol–water partition coefficient (Wildman–Crippen LogP) is 3.99. The Labute approximate surface area is 201 Å². The maximum Gasteiger partial charge on any atom is 0.412 e. The van der Waals surface area contributed by atoms with Crippen molar-refractivity contribution in [2.24, 2.45) is 11.8 Å². The van der Waals surface area contributed by atoms with Crippen molar-refractivity contribution < 1.29 is 24.2 Å². The number of aliphatic carboxylic acids is 1. The van der Waals surface area contributed by atoms with Gasteiger partial charge in [-0.15, -0.1) is 0 Å². The van der Waals surface area contributed by atoms with Gasteiger partial charge in [-0.3, -0.25) is 14.9 Å². The SMILES string of the molecule is O=C(Nc1cccc(C(=O)N2CC3CC2C3C(=O)O)n1)OCC1c2ccccc2-c2ccccc21. The highest BCUT2D eigenvalue weighted by atomic mass is 16.5. The monoisotopic (exact) mass is 469 g/mol. The maximum atomic E-state index is 13.0. The number of hydrogen-bond acceptors (Lipinski definition) is 5. The van der Waals surface area contributed by atoms with Gasteiger partial charge in [0.05, 0.1) is 5.92 Å². The number of nitrogens with zero attached hydrogens (tertiary/aromatic N) is 2. The molecule has 0 radical (unpaired) electrons. The number of hydrogen-bond donors (Lipinski definition) is 2. The van der Waals surface area contributed by atoms with Gasteiger partial charge in [-0.25, -0.2) is 9.78 Å². The fourth-order valence-corrected chi connectivity index (χ4v) is 5.73. The van der Waals surface area contributed by atoms with E-state index in [0.717, 1.165) is 22.3 Å². The minimum atomic E-state index is -0.861. The second-order valence-corrected chi connectivity index (χ2v) is 9.24. The molecule has 176 valence electrons. The van der Waals surface area contributed by atoms with Crippen LogP contribution in [-0.4, -0.2) is 52.2 Å². The molecular formula is C27H23N3O5. The lowest BCUT2D eigenvalue weighted by Crippen LogP contribution is -2.45. The van der Waals surface area contributed by atoms with Gasteiger partial charge in [0, 0.05) is 18.5 Å². The van der Waals surface area contributed by atoms with Gasteiger partial charge in [0.2, 0.25) is 0 Å². The Morgan fingerprint density at radius 2 is 1.66 bits per heavy atom. The molecule has 1 saturated carbocycles. The second-order valence-electron chi connectivity index (χ2n) is 9.24. The molecule has 3 unspecified atom stereocenters. The van der Waals surface area contributed by atoms with E-state index in [1.807, 2.05) is 24.3 Å². The van der Waals surface area contributed by atoms with Gasteiger partial charge in [0.25, 0.3) is 5.91 Å². The van der Waals surface area contributed by atoms with Crippen molar-refractivity contribution in [2.75, 3.05) is 18.5 Å². The molecule has 3 aromatic rings. The van der Waals surface area contributed by atoms with Gasteiger partial charge in [-0.2, -0.15) is 0 Å². The quantitative estimate of drug-likeness (QED) is 0.585. The molecule has 35 heavy (non-hydrogen) atoms. The van der Waals surface area contributed by atoms with Crippen LogP contribution >= 0.6 is 0 Å². The highest BCUT2D eigenvalue weighted by Gasteiger charge is 2.57. The van der Waals surface area contributed by atoms with E-state index in [-0.39, 0.29) is 41.9 Å². The summed E-state index contributed by atoms with van der Waals surface area (Å²) in [6, 6.07) is 20.7. The lowest BCUT2D eigenvalue weighted by Gasteiger charge is -2.32. The summed E-state index contributed by atoms with van der Waals surface area (Å²) in [4.78, 5) is 42.8. The molecule has 2 N–H and O–H groups in total. The van der Waals surface area contributed by atoms with Crippen molar-refractivity contribution in [3.05, 3.63) is 83.6 Å². The fourth-order valence-electron chi connectivity index (χ4n) is 5.73. The van der Waals surface area contributed by atoms with Crippen LogP contribution in [-0.2, 0) is 9.53 Å². The van der Waals surface area contributed by atoms with Crippen molar-refractivity contribution >= 4 is 23.8 Å². The normalized spacial score (nSPS) is 21.6. The Bertz CT molecular complexity index is 1310. The Hall–Kier alpha value is -4.20. The Balaban J connectivity index is 1.12. The van der Waals surface area contributed by atoms with E-state index in [4.69, 9.17) is 4.74 Å². The lowest BCUT2D eigenvalue weighted by molar-refractivity contribution is -0.147. The van der Waals surface area contributed by atoms with Crippen LogP contribution in [0.1, 0.15) is 34.0 Å². The first-order valence-electron chi connectivity index (χ1n) is 11.6. The number of carboxylic acid groups (broad SMARTS) is 1. The van der Waals surface area contributed by atoms with Gasteiger partial charge in [0.1, 0.15) is 18.1 Å². The highest BCUT2D eigenvalue weighted by Crippen LogP contribution is 2.47. The van der Waals surface area contributed by atoms with E-state index in [9.17, 15) is 19.5 Å². The van der Waals surface area contributed by atoms with Crippen LogP contribution in [0.2, 0.25) is 0 Å². The molecule has 1 aromatic heterocycles. The third kappa shape index (κ3) is 3.53. The van der Waals surface area contributed by atoms with Crippen molar-refractivity contribution in [3.8, 4) is 11.1 Å². The minimum Gasteiger partial charge on any atom is -0.481 e. The van der Waals surface area contributed by atoms with E-state index in [1.54, 1.807) is 23.1 Å². The summed E-state index contributed by atoms with van der Waals surface area (Å²) in [5, 5.41) is 12.0. The Morgan fingerprint density at radius 3 is 2.31 bits per heavy atom. The van der Waals surface area contributed by atoms with Crippen LogP contribution in [0.15, 0.2) is 66.7 Å². The van der Waals surface area contributed by atoms with Crippen LogP contribution in [0.3, 0.4) is 0 Å². The molecule has 2 amide bonds. The molecule has 3 fully saturated rings. The number of ether oxygens (including phenoxy) is 1. The van der Waals surface area contributed by atoms with Crippen LogP contribution in [0.25, 0.3) is 11.1 Å². The molecule has 2 bridgehead atoms. The van der Waals surface area contributed by atoms with E-state index in [2.05, 4.69) is 34.6 Å². The van der Waals surface area contributed by atoms with Gasteiger partial charge < -0.3 is 14.7 Å². The molecule has 2 aromatic carbocycles. The number of carboxylic acids is 1. The topological polar surface area (TPSA) is 109 Å². The van der Waals surface area contributed by atoms with E-state index in [1.165, 1.54) is 0 Å². The van der Waals surface area contributed by atoms with Gasteiger partial charge in [-0.1, -0.05) is 54.6 Å². The van der Waals surface area contributed by atoms with E-state index in [0.29, 0.717) is 13.0 Å². The number of carbonyl (C=O) groups excluding carboxylic acids is 2. The van der Waals surface area contributed by atoms with Crippen molar-refractivity contribution in [1.82, 2.24) is 9.88 Å². The zero-order valence-electron chi connectivity index (χ0n) is 18.8. The molecule has 7 rings (SSSR count). The number of amides is 2. The lowest BCUT2D eigenvalue weighted by atomic mass is 9.74. The molecule has 3 heterocycles. The molecule has 8 nitrogen and oxygen atoms in total. The zero-order valence-corrected chi connectivity index (χ0v) is 18.8. The molecule has 0 spiro atoms. The summed E-state index contributed by atoms with van der Waals surface area (Å²) in [6.45, 7) is 0.595. The first-order chi connectivity index (χ1) is 17.0. The number of nitrogens with one attached hydrogen (secondary N) is 1. The third-order valence-electron chi connectivity index (χ3n) is 7.39. The van der Waals surface area contributed by atoms with Crippen LogP contribution in [0.5, 0.6) is 0 Å². The number of carbonyl (C=O) groups is 3. The summed E-state index contributed by atoms with van der Waals surface area (Å²) < 4.78 is 5.56. The summed E-state index contributed by atoms with van der Waals surface area (Å²) in [6.07, 6.45) is 0.0544. The number of fused-ring (bicyclic) bond motifs is 4. The smallest absolute Gasteiger partial charge is 0.412 e. The maximum absolute atomic E-state index is 13.0. The third-order valence-corrected chi connectivity index (χ3v) is 7.39. The minimum absolute atomic E-state index is 0.00332.